The van der Waals surface area contributed by atoms with Crippen molar-refractivity contribution in [2.45, 2.75) is 0 Å². The van der Waals surface area contributed by atoms with Crippen molar-refractivity contribution < 1.29 is 4.57 Å². The first-order valence-electron chi connectivity index (χ1n) is 5.57. The second kappa shape index (κ2) is 3.67. The molecule has 1 aromatic heterocycles. The van der Waals surface area contributed by atoms with Gasteiger partial charge in [-0.25, -0.2) is 4.57 Å². The van der Waals surface area contributed by atoms with Gasteiger partial charge in [0.05, 0.1) is 13.2 Å². The standard InChI is InChI=1S/C15H13N2/c1-16-15-9-14-12(10-17(15)2)8-7-11-5-3-4-6-13(11)14/h3-10H,1H2,2H3/q+1. The average Bonchev–Trinajstić information content (AvgIpc) is 2.37. The van der Waals surface area contributed by atoms with Gasteiger partial charge in [-0.3, -0.25) is 0 Å². The Morgan fingerprint density at radius 1 is 1.00 bits per heavy atom. The number of nitrogens with zero attached hydrogens (tertiary/aromatic N) is 2. The van der Waals surface area contributed by atoms with Crippen molar-refractivity contribution in [2.24, 2.45) is 12.0 Å². The molecule has 82 valence electrons. The van der Waals surface area contributed by atoms with Crippen LogP contribution in [0.25, 0.3) is 21.5 Å². The van der Waals surface area contributed by atoms with Crippen LogP contribution in [-0.4, -0.2) is 6.72 Å². The number of aromatic nitrogens is 1. The second-order valence-corrected chi connectivity index (χ2v) is 4.19. The third kappa shape index (κ3) is 1.49. The predicted octanol–water partition coefficient (Wildman–Crippen LogP) is 3.15. The fourth-order valence-corrected chi connectivity index (χ4v) is 2.25. The average molecular weight is 221 g/mol. The summed E-state index contributed by atoms with van der Waals surface area (Å²) in [6.07, 6.45) is 2.09. The molecule has 0 saturated heterocycles. The largest absolute Gasteiger partial charge is 0.322 e. The maximum atomic E-state index is 4.04. The lowest BCUT2D eigenvalue weighted by Crippen LogP contribution is -2.27. The van der Waals surface area contributed by atoms with Gasteiger partial charge in [0.25, 0.3) is 0 Å². The van der Waals surface area contributed by atoms with Crippen LogP contribution in [-0.2, 0) is 7.05 Å². The minimum absolute atomic E-state index is 0.883. The highest BCUT2D eigenvalue weighted by atomic mass is 15.0. The summed E-state index contributed by atoms with van der Waals surface area (Å²) in [4.78, 5) is 4.04. The van der Waals surface area contributed by atoms with Crippen molar-refractivity contribution in [2.75, 3.05) is 0 Å². The molecular weight excluding hydrogens is 208 g/mol. The molecule has 0 aliphatic carbocycles. The molecule has 2 heteroatoms. The van der Waals surface area contributed by atoms with E-state index in [1.807, 2.05) is 11.6 Å². The summed E-state index contributed by atoms with van der Waals surface area (Å²) in [7, 11) is 1.98. The van der Waals surface area contributed by atoms with Gasteiger partial charge in [0.2, 0.25) is 0 Å². The molecule has 0 saturated carbocycles. The van der Waals surface area contributed by atoms with E-state index in [9.17, 15) is 0 Å². The van der Waals surface area contributed by atoms with Crippen LogP contribution in [0.15, 0.2) is 53.7 Å². The first-order chi connectivity index (χ1) is 8.29. The van der Waals surface area contributed by atoms with Crippen LogP contribution in [0.3, 0.4) is 0 Å². The summed E-state index contributed by atoms with van der Waals surface area (Å²) in [5, 5.41) is 4.96. The molecule has 0 bridgehead atoms. The van der Waals surface area contributed by atoms with Gasteiger partial charge in [-0.1, -0.05) is 41.4 Å². The van der Waals surface area contributed by atoms with Gasteiger partial charge in [-0.2, -0.15) is 0 Å². The Kier molecular flexibility index (Phi) is 2.15. The molecular formula is C15H13N2+. The molecule has 17 heavy (non-hydrogen) atoms. The van der Waals surface area contributed by atoms with Gasteiger partial charge >= 0.3 is 5.82 Å². The maximum absolute atomic E-state index is 4.04. The van der Waals surface area contributed by atoms with E-state index in [1.54, 1.807) is 0 Å². The summed E-state index contributed by atoms with van der Waals surface area (Å²) in [6.45, 7) is 3.61. The molecule has 0 spiro atoms. The third-order valence-electron chi connectivity index (χ3n) is 3.13. The monoisotopic (exact) mass is 221 g/mol. The fourth-order valence-electron chi connectivity index (χ4n) is 2.25. The summed E-state index contributed by atoms with van der Waals surface area (Å²) in [5.74, 6) is 0.883. The van der Waals surface area contributed by atoms with Crippen LogP contribution in [0, 0.1) is 0 Å². The zero-order chi connectivity index (χ0) is 11.8. The lowest BCUT2D eigenvalue weighted by Gasteiger charge is -2.04. The highest BCUT2D eigenvalue weighted by Crippen LogP contribution is 2.26. The smallest absolute Gasteiger partial charge is 0.233 e. The molecule has 3 aromatic rings. The number of pyridine rings is 1. The minimum Gasteiger partial charge on any atom is -0.233 e. The lowest BCUT2D eigenvalue weighted by molar-refractivity contribution is -0.656. The summed E-state index contributed by atoms with van der Waals surface area (Å²) in [5.41, 5.74) is 0. The van der Waals surface area contributed by atoms with Crippen molar-refractivity contribution >= 4 is 34.1 Å². The van der Waals surface area contributed by atoms with E-state index < -0.39 is 0 Å². The summed E-state index contributed by atoms with van der Waals surface area (Å²) in [6, 6.07) is 14.8. The van der Waals surface area contributed by atoms with Gasteiger partial charge in [0, 0.05) is 16.8 Å². The van der Waals surface area contributed by atoms with Crippen molar-refractivity contribution in [3.8, 4) is 0 Å². The molecule has 2 aromatic carbocycles. The van der Waals surface area contributed by atoms with Gasteiger partial charge in [0.15, 0.2) is 0 Å². The highest BCUT2D eigenvalue weighted by molar-refractivity contribution is 6.07. The SMILES string of the molecule is C=Nc1cc2c(ccc3ccccc32)c[n+]1C. The molecule has 1 heterocycles. The topological polar surface area (TPSA) is 16.2 Å². The molecule has 0 amide bonds. The Hall–Kier alpha value is -2.22. The van der Waals surface area contributed by atoms with Crippen LogP contribution in [0.2, 0.25) is 0 Å². The summed E-state index contributed by atoms with van der Waals surface area (Å²) < 4.78 is 1.99. The van der Waals surface area contributed by atoms with Gasteiger partial charge in [0.1, 0.15) is 6.72 Å². The molecule has 0 radical (unpaired) electrons. The predicted molar refractivity (Wildman–Crippen MR) is 71.8 cm³/mol. The molecule has 0 unspecified atom stereocenters. The van der Waals surface area contributed by atoms with E-state index in [-0.39, 0.29) is 0 Å². The Morgan fingerprint density at radius 2 is 1.76 bits per heavy atom. The highest BCUT2D eigenvalue weighted by Gasteiger charge is 2.08. The number of fused-ring (bicyclic) bond motifs is 3. The number of rotatable bonds is 1. The van der Waals surface area contributed by atoms with E-state index >= 15 is 0 Å². The lowest BCUT2D eigenvalue weighted by atomic mass is 10.0. The Morgan fingerprint density at radius 3 is 2.59 bits per heavy atom. The molecule has 0 aliphatic heterocycles. The number of benzene rings is 2. The van der Waals surface area contributed by atoms with E-state index in [4.69, 9.17) is 0 Å². The van der Waals surface area contributed by atoms with Crippen LogP contribution in [0.4, 0.5) is 5.82 Å². The molecule has 0 atom stereocenters. The van der Waals surface area contributed by atoms with Gasteiger partial charge in [-0.15, -0.1) is 0 Å². The maximum Gasteiger partial charge on any atom is 0.322 e. The molecule has 0 aliphatic rings. The van der Waals surface area contributed by atoms with Gasteiger partial charge in [-0.05, 0) is 10.8 Å². The van der Waals surface area contributed by atoms with Crippen LogP contribution in [0.1, 0.15) is 0 Å². The third-order valence-corrected chi connectivity index (χ3v) is 3.13. The first kappa shape index (κ1) is 9.97. The molecule has 0 fully saturated rings. The van der Waals surface area contributed by atoms with E-state index in [0.29, 0.717) is 0 Å². The van der Waals surface area contributed by atoms with E-state index in [2.05, 4.69) is 60.4 Å². The quantitative estimate of drug-likeness (QED) is 0.341. The van der Waals surface area contributed by atoms with Crippen molar-refractivity contribution in [3.05, 3.63) is 48.7 Å². The molecule has 0 N–H and O–H groups in total. The zero-order valence-corrected chi connectivity index (χ0v) is 9.72. The van der Waals surface area contributed by atoms with Crippen molar-refractivity contribution in [1.29, 1.82) is 0 Å². The van der Waals surface area contributed by atoms with E-state index in [0.717, 1.165) is 5.82 Å². The molecule has 3 rings (SSSR count). The van der Waals surface area contributed by atoms with Crippen molar-refractivity contribution in [1.82, 2.24) is 0 Å². The number of aryl methyl sites for hydroxylation is 1. The van der Waals surface area contributed by atoms with Gasteiger partial charge < -0.3 is 0 Å². The zero-order valence-electron chi connectivity index (χ0n) is 9.72. The Labute approximate surface area is 99.8 Å². The molecule has 2 nitrogen and oxygen atoms in total. The number of aliphatic imine (C=N–C) groups is 1. The normalized spacial score (nSPS) is 10.9. The first-order valence-corrected chi connectivity index (χ1v) is 5.57. The second-order valence-electron chi connectivity index (χ2n) is 4.19. The number of hydrogen-bond acceptors (Lipinski definition) is 1. The van der Waals surface area contributed by atoms with E-state index in [1.165, 1.54) is 21.5 Å². The summed E-state index contributed by atoms with van der Waals surface area (Å²) >= 11 is 0. The number of hydrogen-bond donors (Lipinski definition) is 0. The van der Waals surface area contributed by atoms with Crippen molar-refractivity contribution in [3.63, 3.8) is 0 Å². The van der Waals surface area contributed by atoms with Crippen LogP contribution < -0.4 is 4.57 Å². The van der Waals surface area contributed by atoms with Crippen LogP contribution in [0.5, 0.6) is 0 Å². The van der Waals surface area contributed by atoms with Crippen LogP contribution >= 0.6 is 0 Å². The Bertz CT molecular complexity index is 729. The Balaban J connectivity index is 2.52. The minimum atomic E-state index is 0.883. The fraction of sp³-hybridized carbons (Fsp3) is 0.0667.